The molecule has 152 valence electrons. The molecule has 1 aliphatic rings. The molecule has 0 aromatic heterocycles. The molecule has 8 heteroatoms. The summed E-state index contributed by atoms with van der Waals surface area (Å²) in [6, 6.07) is 12.3. The van der Waals surface area contributed by atoms with Crippen molar-refractivity contribution in [2.24, 2.45) is 0 Å². The molecule has 29 heavy (non-hydrogen) atoms. The van der Waals surface area contributed by atoms with Crippen LogP contribution < -0.4 is 5.32 Å². The number of hydrogen-bond acceptors (Lipinski definition) is 3. The van der Waals surface area contributed by atoms with E-state index in [0.29, 0.717) is 35.3 Å². The molecule has 0 aliphatic carbocycles. The molecular formula is C21H21ClFN3O2S. The van der Waals surface area contributed by atoms with E-state index in [4.69, 9.17) is 23.8 Å². The number of hydrogen-bond donors (Lipinski definition) is 1. The topological polar surface area (TPSA) is 52.7 Å². The van der Waals surface area contributed by atoms with Gasteiger partial charge in [0.15, 0.2) is 5.11 Å². The number of carbonyl (C=O) groups is 2. The number of rotatable bonds is 7. The summed E-state index contributed by atoms with van der Waals surface area (Å²) in [4.78, 5) is 28.6. The summed E-state index contributed by atoms with van der Waals surface area (Å²) in [5.41, 5.74) is 1.54. The van der Waals surface area contributed by atoms with Gasteiger partial charge in [-0.3, -0.25) is 14.5 Å². The fourth-order valence-electron chi connectivity index (χ4n) is 3.26. The third-order valence-corrected chi connectivity index (χ3v) is 5.49. The molecule has 2 amide bonds. The summed E-state index contributed by atoms with van der Waals surface area (Å²) >= 11 is 11.3. The van der Waals surface area contributed by atoms with E-state index in [9.17, 15) is 14.0 Å². The zero-order valence-corrected chi connectivity index (χ0v) is 17.5. The van der Waals surface area contributed by atoms with Gasteiger partial charge in [-0.1, -0.05) is 23.7 Å². The van der Waals surface area contributed by atoms with E-state index in [-0.39, 0.29) is 24.1 Å². The fourth-order valence-corrected chi connectivity index (χ4v) is 3.82. The molecule has 0 spiro atoms. The van der Waals surface area contributed by atoms with Crippen LogP contribution in [0.25, 0.3) is 0 Å². The number of amides is 2. The Bertz CT molecular complexity index is 905. The Morgan fingerprint density at radius 3 is 2.45 bits per heavy atom. The molecule has 1 fully saturated rings. The molecular weight excluding hydrogens is 413 g/mol. The van der Waals surface area contributed by atoms with Gasteiger partial charge < -0.3 is 10.2 Å². The molecule has 0 unspecified atom stereocenters. The van der Waals surface area contributed by atoms with Crippen LogP contribution in [0.3, 0.4) is 0 Å². The highest BCUT2D eigenvalue weighted by Crippen LogP contribution is 2.22. The van der Waals surface area contributed by atoms with Gasteiger partial charge >= 0.3 is 0 Å². The summed E-state index contributed by atoms with van der Waals surface area (Å²) < 4.78 is 13.1. The fraction of sp³-hybridized carbons (Fsp3) is 0.286. The molecule has 0 bridgehead atoms. The van der Waals surface area contributed by atoms with Crippen molar-refractivity contribution < 1.29 is 14.0 Å². The molecule has 1 saturated heterocycles. The van der Waals surface area contributed by atoms with Gasteiger partial charge in [-0.25, -0.2) is 4.39 Å². The second-order valence-corrected chi connectivity index (χ2v) is 7.51. The first-order valence-electron chi connectivity index (χ1n) is 9.31. The highest BCUT2D eigenvalue weighted by molar-refractivity contribution is 7.80. The normalized spacial score (nSPS) is 16.4. The molecule has 3 rings (SSSR count). The van der Waals surface area contributed by atoms with Crippen molar-refractivity contribution in [1.82, 2.24) is 9.80 Å². The molecule has 0 saturated carbocycles. The number of anilines is 1. The molecule has 2 aromatic carbocycles. The van der Waals surface area contributed by atoms with E-state index >= 15 is 0 Å². The Labute approximate surface area is 179 Å². The minimum atomic E-state index is -0.657. The maximum absolute atomic E-state index is 13.1. The minimum Gasteiger partial charge on any atom is -0.336 e. The lowest BCUT2D eigenvalue weighted by atomic mass is 10.1. The predicted octanol–water partition coefficient (Wildman–Crippen LogP) is 3.87. The second kappa shape index (κ2) is 9.33. The van der Waals surface area contributed by atoms with Gasteiger partial charge in [0.05, 0.1) is 6.42 Å². The smallest absolute Gasteiger partial charge is 0.252 e. The van der Waals surface area contributed by atoms with Gasteiger partial charge in [-0.05, 0) is 67.5 Å². The first-order chi connectivity index (χ1) is 13.9. The lowest BCUT2D eigenvalue weighted by molar-refractivity contribution is -0.130. The van der Waals surface area contributed by atoms with Crippen LogP contribution >= 0.6 is 23.8 Å². The summed E-state index contributed by atoms with van der Waals surface area (Å²) in [6.07, 6.45) is 0.572. The van der Waals surface area contributed by atoms with Crippen molar-refractivity contribution in [3.8, 4) is 0 Å². The van der Waals surface area contributed by atoms with E-state index in [1.165, 1.54) is 17.0 Å². The maximum atomic E-state index is 13.1. The minimum absolute atomic E-state index is 0.0124. The van der Waals surface area contributed by atoms with Gasteiger partial charge in [0.2, 0.25) is 5.91 Å². The van der Waals surface area contributed by atoms with Gasteiger partial charge in [0.25, 0.3) is 5.91 Å². The Morgan fingerprint density at radius 2 is 1.83 bits per heavy atom. The van der Waals surface area contributed by atoms with Gasteiger partial charge in [-0.15, -0.1) is 0 Å². The van der Waals surface area contributed by atoms with Crippen molar-refractivity contribution in [3.05, 3.63) is 64.9 Å². The van der Waals surface area contributed by atoms with Crippen molar-refractivity contribution in [2.45, 2.75) is 25.8 Å². The van der Waals surface area contributed by atoms with Crippen molar-refractivity contribution in [3.63, 3.8) is 0 Å². The van der Waals surface area contributed by atoms with Crippen LogP contribution in [0.4, 0.5) is 10.1 Å². The standard InChI is InChI=1S/C21H21ClFN3O2S/c1-2-25-20(28)18(13-19(27)24-17-9-5-15(22)6-10-17)26(21(25)29)12-11-14-3-7-16(23)8-4-14/h3-10,18H,2,11-13H2,1H3,(H,24,27)/t18-/m1/s1. The molecule has 5 nitrogen and oxygen atoms in total. The molecule has 2 aromatic rings. The van der Waals surface area contributed by atoms with E-state index in [2.05, 4.69) is 5.32 Å². The number of benzene rings is 2. The zero-order valence-electron chi connectivity index (χ0n) is 15.9. The van der Waals surface area contributed by atoms with Crippen LogP contribution in [0, 0.1) is 5.82 Å². The Hall–Kier alpha value is -2.51. The van der Waals surface area contributed by atoms with Gasteiger partial charge in [-0.2, -0.15) is 0 Å². The maximum Gasteiger partial charge on any atom is 0.252 e. The molecule has 1 aliphatic heterocycles. The number of halogens is 2. The largest absolute Gasteiger partial charge is 0.336 e. The van der Waals surface area contributed by atoms with E-state index in [0.717, 1.165) is 5.56 Å². The Morgan fingerprint density at radius 1 is 1.17 bits per heavy atom. The van der Waals surface area contributed by atoms with Crippen LogP contribution in [0.1, 0.15) is 18.9 Å². The molecule has 1 atom stereocenters. The van der Waals surface area contributed by atoms with Gasteiger partial charge in [0, 0.05) is 23.8 Å². The van der Waals surface area contributed by atoms with Crippen LogP contribution in [0.2, 0.25) is 5.02 Å². The molecule has 1 heterocycles. The summed E-state index contributed by atoms with van der Waals surface area (Å²) in [6.45, 7) is 2.75. The quantitative estimate of drug-likeness (QED) is 0.673. The Kier molecular flexibility index (Phi) is 6.82. The molecule has 1 N–H and O–H groups in total. The number of likely N-dealkylation sites (N-methyl/N-ethyl adjacent to an activating group) is 1. The number of carbonyl (C=O) groups excluding carboxylic acids is 2. The average molecular weight is 434 g/mol. The van der Waals surface area contributed by atoms with E-state index < -0.39 is 6.04 Å². The third kappa shape index (κ3) is 5.10. The SMILES string of the molecule is CCN1C(=O)[C@@H](CC(=O)Nc2ccc(Cl)cc2)N(CCc2ccc(F)cc2)C1=S. The Balaban J connectivity index is 1.69. The van der Waals surface area contributed by atoms with Crippen LogP contribution in [-0.4, -0.2) is 45.9 Å². The third-order valence-electron chi connectivity index (χ3n) is 4.78. The summed E-state index contributed by atoms with van der Waals surface area (Å²) in [7, 11) is 0. The lowest BCUT2D eigenvalue weighted by Gasteiger charge is -2.23. The van der Waals surface area contributed by atoms with Crippen molar-refractivity contribution >= 4 is 46.4 Å². The average Bonchev–Trinajstić information content (AvgIpc) is 2.92. The summed E-state index contributed by atoms with van der Waals surface area (Å²) in [5, 5.41) is 3.78. The molecule has 0 radical (unpaired) electrons. The van der Waals surface area contributed by atoms with Crippen LogP contribution in [-0.2, 0) is 16.0 Å². The highest BCUT2D eigenvalue weighted by atomic mass is 35.5. The van der Waals surface area contributed by atoms with Crippen molar-refractivity contribution in [1.29, 1.82) is 0 Å². The number of thiocarbonyl (C=S) groups is 1. The number of nitrogens with one attached hydrogen (secondary N) is 1. The zero-order chi connectivity index (χ0) is 21.0. The first-order valence-corrected chi connectivity index (χ1v) is 10.1. The second-order valence-electron chi connectivity index (χ2n) is 6.71. The van der Waals surface area contributed by atoms with E-state index in [1.807, 2.05) is 6.92 Å². The monoisotopic (exact) mass is 433 g/mol. The van der Waals surface area contributed by atoms with Crippen LogP contribution in [0.5, 0.6) is 0 Å². The lowest BCUT2D eigenvalue weighted by Crippen LogP contribution is -2.39. The van der Waals surface area contributed by atoms with Gasteiger partial charge in [0.1, 0.15) is 11.9 Å². The van der Waals surface area contributed by atoms with Crippen LogP contribution in [0.15, 0.2) is 48.5 Å². The predicted molar refractivity (Wildman–Crippen MR) is 115 cm³/mol. The number of nitrogens with zero attached hydrogens (tertiary/aromatic N) is 2. The summed E-state index contributed by atoms with van der Waals surface area (Å²) in [5.74, 6) is -0.754. The van der Waals surface area contributed by atoms with Crippen molar-refractivity contribution in [2.75, 3.05) is 18.4 Å². The highest BCUT2D eigenvalue weighted by Gasteiger charge is 2.42. The van der Waals surface area contributed by atoms with E-state index in [1.54, 1.807) is 41.3 Å². The first kappa shape index (κ1) is 21.2.